The van der Waals surface area contributed by atoms with E-state index in [1.54, 1.807) is 68.4 Å². The summed E-state index contributed by atoms with van der Waals surface area (Å²) in [5, 5.41) is 12.0. The van der Waals surface area contributed by atoms with E-state index in [4.69, 9.17) is 35.4 Å². The zero-order valence-corrected chi connectivity index (χ0v) is 46.9. The Morgan fingerprint density at radius 2 is 1.10 bits per heavy atom. The molecule has 0 aliphatic heterocycles. The highest BCUT2D eigenvalue weighted by Crippen LogP contribution is 2.33. The Balaban J connectivity index is 1.84. The Morgan fingerprint density at radius 1 is 0.612 bits per heavy atom. The Morgan fingerprint density at radius 3 is 1.57 bits per heavy atom. The summed E-state index contributed by atoms with van der Waals surface area (Å²) in [6.07, 6.45) is 1.41. The number of esters is 3. The van der Waals surface area contributed by atoms with Gasteiger partial charge in [0.25, 0.3) is 0 Å². The first-order valence-corrected chi connectivity index (χ1v) is 36.7. The molecule has 3 aromatic carbocycles. The normalized spacial score (nSPS) is 13.6. The molecular weight excluding hydrogens is 939 g/mol. The van der Waals surface area contributed by atoms with Gasteiger partial charge in [0.2, 0.25) is 0 Å². The number of hydrogen-bond donors (Lipinski definition) is 1. The maximum Gasteiger partial charge on any atom is 0.348 e. The van der Waals surface area contributed by atoms with E-state index in [1.165, 1.54) is 18.2 Å². The molecule has 3 aromatic rings. The molecule has 0 fully saturated rings. The van der Waals surface area contributed by atoms with Crippen LogP contribution in [-0.2, 0) is 40.3 Å². The molecule has 67 heavy (non-hydrogen) atoms. The maximum atomic E-state index is 13.8. The van der Waals surface area contributed by atoms with Crippen molar-refractivity contribution in [2.75, 3.05) is 44.4 Å². The number of benzene rings is 3. The van der Waals surface area contributed by atoms with Gasteiger partial charge in [-0.15, -0.1) is 0 Å². The topological polar surface area (TPSA) is 166 Å². The number of ketones is 1. The van der Waals surface area contributed by atoms with Gasteiger partial charge in [0, 0.05) is 40.8 Å². The summed E-state index contributed by atoms with van der Waals surface area (Å²) in [4.78, 5) is 54.6. The third kappa shape index (κ3) is 16.8. The highest BCUT2D eigenvalue weighted by Gasteiger charge is 2.51. The number of carbonyl (C=O) groups is 4. The molecule has 3 rings (SSSR count). The van der Waals surface area contributed by atoms with Crippen LogP contribution in [0.1, 0.15) is 59.5 Å². The Bertz CT molecular complexity index is 2260. The number of phenolic OH excluding ortho intramolecular Hbond substituents is 1. The van der Waals surface area contributed by atoms with Crippen LogP contribution < -0.4 is 9.64 Å². The second-order valence-electron chi connectivity index (χ2n) is 18.3. The first-order valence-electron chi connectivity index (χ1n) is 22.5. The van der Waals surface area contributed by atoms with Crippen molar-refractivity contribution in [2.45, 2.75) is 93.2 Å². The van der Waals surface area contributed by atoms with E-state index < -0.39 is 66.0 Å². The summed E-state index contributed by atoms with van der Waals surface area (Å²) in [7, 11) is -14.6. The van der Waals surface area contributed by atoms with Crippen LogP contribution >= 0.6 is 0 Å². The van der Waals surface area contributed by atoms with E-state index in [9.17, 15) is 24.3 Å². The highest BCUT2D eigenvalue weighted by molar-refractivity contribution is 6.94. The summed E-state index contributed by atoms with van der Waals surface area (Å²) < 4.78 is 49.9. The number of aromatic hydroxyl groups is 1. The summed E-state index contributed by atoms with van der Waals surface area (Å²) >= 11 is 0. The number of hydrogen-bond acceptors (Lipinski definition) is 14. The lowest BCUT2D eigenvalue weighted by Gasteiger charge is -2.44. The van der Waals surface area contributed by atoms with E-state index in [0.717, 1.165) is 18.8 Å². The monoisotopic (exact) mass is 1010 g/mol. The Labute approximate surface area is 402 Å². The molecule has 0 amide bonds. The van der Waals surface area contributed by atoms with E-state index >= 15 is 0 Å². The van der Waals surface area contributed by atoms with E-state index in [1.807, 2.05) is 59.7 Å². The molecule has 19 heteroatoms. The number of ether oxygens (including phenoxy) is 4. The van der Waals surface area contributed by atoms with Gasteiger partial charge < -0.3 is 45.4 Å². The lowest BCUT2D eigenvalue weighted by molar-refractivity contribution is -0.146. The number of carbonyl (C=O) groups excluding carboxylic acids is 4. The van der Waals surface area contributed by atoms with E-state index in [-0.39, 0.29) is 54.4 Å². The van der Waals surface area contributed by atoms with Gasteiger partial charge in [0.05, 0.1) is 24.3 Å². The number of anilines is 1. The molecule has 0 spiro atoms. The van der Waals surface area contributed by atoms with Crippen molar-refractivity contribution in [3.8, 4) is 11.5 Å². The van der Waals surface area contributed by atoms with Crippen LogP contribution in [0.4, 0.5) is 5.69 Å². The van der Waals surface area contributed by atoms with E-state index in [0.29, 0.717) is 21.7 Å². The van der Waals surface area contributed by atoms with Crippen molar-refractivity contribution in [1.29, 1.82) is 0 Å². The first-order chi connectivity index (χ1) is 31.1. The quantitative estimate of drug-likeness (QED) is 0.0154. The van der Waals surface area contributed by atoms with Crippen LogP contribution in [0.15, 0.2) is 95.9 Å². The molecule has 0 aliphatic rings. The summed E-state index contributed by atoms with van der Waals surface area (Å²) in [6, 6.07) is 18.1. The second-order valence-corrected chi connectivity index (χ2v) is 38.0. The molecule has 0 saturated heterocycles. The molecule has 2 unspecified atom stereocenters. The third-order valence-electron chi connectivity index (χ3n) is 9.89. The maximum absolute atomic E-state index is 13.8. The van der Waals surface area contributed by atoms with Gasteiger partial charge in [-0.25, -0.2) is 14.4 Å². The fourth-order valence-electron chi connectivity index (χ4n) is 7.07. The highest BCUT2D eigenvalue weighted by atomic mass is 28.5. The number of nitrogens with zero attached hydrogens (tertiary/aromatic N) is 1. The van der Waals surface area contributed by atoms with Crippen molar-refractivity contribution < 1.29 is 59.7 Å². The third-order valence-corrected chi connectivity index (χ3v) is 27.8. The molecule has 0 saturated carbocycles. The predicted octanol–water partition coefficient (Wildman–Crippen LogP) is 9.99. The van der Waals surface area contributed by atoms with Gasteiger partial charge in [-0.3, -0.25) is 4.79 Å². The van der Waals surface area contributed by atoms with Crippen molar-refractivity contribution in [1.82, 2.24) is 0 Å². The summed E-state index contributed by atoms with van der Waals surface area (Å²) in [6.45, 7) is 37.5. The predicted molar refractivity (Wildman–Crippen MR) is 275 cm³/mol. The van der Waals surface area contributed by atoms with Crippen molar-refractivity contribution >= 4 is 77.8 Å². The molecular formula is C48H71NO13Si5. The van der Waals surface area contributed by atoms with Crippen molar-refractivity contribution in [3.63, 3.8) is 0 Å². The molecule has 0 radical (unpaired) electrons. The summed E-state index contributed by atoms with van der Waals surface area (Å²) in [5.74, 6) is -2.49. The zero-order valence-electron chi connectivity index (χ0n) is 41.9. The van der Waals surface area contributed by atoms with Gasteiger partial charge in [0.1, 0.15) is 30.3 Å². The van der Waals surface area contributed by atoms with Crippen LogP contribution in [0.25, 0.3) is 6.08 Å². The molecule has 0 aromatic heterocycles. The van der Waals surface area contributed by atoms with Gasteiger partial charge in [0.15, 0.2) is 22.4 Å². The second kappa shape index (κ2) is 24.0. The van der Waals surface area contributed by atoms with Gasteiger partial charge in [-0.05, 0) is 135 Å². The minimum atomic E-state index is -3.44. The van der Waals surface area contributed by atoms with Gasteiger partial charge in [-0.2, -0.15) is 0 Å². The van der Waals surface area contributed by atoms with Crippen LogP contribution in [0.5, 0.6) is 11.5 Å². The van der Waals surface area contributed by atoms with Gasteiger partial charge in [-0.1, -0.05) is 43.5 Å². The average Bonchev–Trinajstić information content (AvgIpc) is 3.22. The fraction of sp³-hybridized carbons (Fsp3) is 0.417. The summed E-state index contributed by atoms with van der Waals surface area (Å²) in [5.41, 5.74) is 1.32. The molecule has 2 atom stereocenters. The van der Waals surface area contributed by atoms with Crippen LogP contribution in [-0.4, -0.2) is 111 Å². The molecule has 14 nitrogen and oxygen atoms in total. The standard InChI is InChI=1S/C48H71NO13Si5/c1-17-49(18-2)38-27-30-42(44(50)32-38)45(51)40-23-21-22-24-41(40)46(52)58-34-36(6)67(16,60-64(10,11)12)62-65(13,14)61-66(15,59-63(7,8)9)35(5)33-57-39-28-25-37(26-29-39)31-43(47(53)55-19-3)48(54)56-20-4/h21-32,50H,5-6,17-20,33-34H2,1-4,7-16H3. The number of rotatable bonds is 26. The fourth-order valence-corrected chi connectivity index (χ4v) is 28.5. The van der Waals surface area contributed by atoms with E-state index in [2.05, 4.69) is 37.7 Å². The lowest BCUT2D eigenvalue weighted by atomic mass is 9.97. The smallest absolute Gasteiger partial charge is 0.348 e. The molecule has 366 valence electrons. The SMILES string of the molecule is C=C(COC(=O)c1ccccc1C(=O)c1ccc(N(CC)CC)cc1O)[Si](C)(O[Si](C)(C)C)O[Si](C)(C)O[Si](C)(O[Si](C)(C)C)C(=C)COc1ccc(C=C(C(=O)OCC)C(=O)OCC)cc1. The molecule has 0 bridgehead atoms. The molecule has 0 heterocycles. The Hall–Kier alpha value is -4.72. The lowest BCUT2D eigenvalue weighted by Crippen LogP contribution is -2.61. The number of phenols is 1. The minimum absolute atomic E-state index is 0.0388. The van der Waals surface area contributed by atoms with Crippen LogP contribution in [0, 0.1) is 0 Å². The van der Waals surface area contributed by atoms with Crippen molar-refractivity contribution in [2.24, 2.45) is 0 Å². The average molecular weight is 1010 g/mol. The largest absolute Gasteiger partial charge is 0.507 e. The van der Waals surface area contributed by atoms with Crippen LogP contribution in [0.3, 0.4) is 0 Å². The molecule has 0 aliphatic carbocycles. The first kappa shape index (κ1) is 56.6. The van der Waals surface area contributed by atoms with Crippen molar-refractivity contribution in [3.05, 3.63) is 118 Å². The molecule has 1 N–H and O–H groups in total. The Kier molecular flexibility index (Phi) is 20.3. The zero-order chi connectivity index (χ0) is 50.5. The van der Waals surface area contributed by atoms with Gasteiger partial charge >= 0.3 is 43.6 Å². The minimum Gasteiger partial charge on any atom is -0.507 e. The van der Waals surface area contributed by atoms with Crippen LogP contribution in [0.2, 0.25) is 65.5 Å².